The first kappa shape index (κ1) is 33.4. The van der Waals surface area contributed by atoms with Crippen LogP contribution in [0.3, 0.4) is 0 Å². The molecule has 7 N–H and O–H groups in total. The molecule has 3 aliphatic rings. The molecule has 5 atom stereocenters. The summed E-state index contributed by atoms with van der Waals surface area (Å²) in [7, 11) is 0. The second-order valence-corrected chi connectivity index (χ2v) is 11.9. The van der Waals surface area contributed by atoms with Crippen molar-refractivity contribution in [2.24, 2.45) is 23.5 Å². The Kier molecular flexibility index (Phi) is 8.73. The number of ketones is 2. The van der Waals surface area contributed by atoms with E-state index in [1.165, 1.54) is 0 Å². The molecule has 0 saturated heterocycles. The zero-order valence-electron chi connectivity index (χ0n) is 25.9. The van der Waals surface area contributed by atoms with Crippen LogP contribution in [-0.2, 0) is 39.9 Å². The average molecular weight is 650 g/mol. The number of esters is 2. The molecule has 2 aromatic carbocycles. The number of nitrogens with two attached hydrogens (primary N) is 1. The van der Waals surface area contributed by atoms with E-state index in [-0.39, 0.29) is 30.8 Å². The number of hydrogen-bond donors (Lipinski definition) is 6. The number of aliphatic hydroxyl groups excluding tert-OH is 3. The molecule has 0 spiro atoms. The first-order valence-electron chi connectivity index (χ1n) is 15.1. The van der Waals surface area contributed by atoms with Crippen LogP contribution in [0.1, 0.15) is 49.8 Å². The van der Waals surface area contributed by atoms with Crippen molar-refractivity contribution in [3.8, 4) is 16.9 Å². The van der Waals surface area contributed by atoms with Crippen LogP contribution < -0.4 is 5.73 Å². The minimum atomic E-state index is -2.93. The van der Waals surface area contributed by atoms with Gasteiger partial charge in [0.05, 0.1) is 24.9 Å². The number of phenolic OH excluding ortho intramolecular Hbond substituents is 1. The molecule has 0 aromatic heterocycles. The maximum absolute atomic E-state index is 13.9. The Morgan fingerprint density at radius 3 is 2.13 bits per heavy atom. The van der Waals surface area contributed by atoms with Gasteiger partial charge in [-0.3, -0.25) is 24.0 Å². The largest absolute Gasteiger partial charge is 0.508 e. The van der Waals surface area contributed by atoms with Crippen LogP contribution in [0.25, 0.3) is 16.9 Å². The molecule has 0 bridgehead atoms. The van der Waals surface area contributed by atoms with Crippen molar-refractivity contribution < 1.29 is 59.0 Å². The summed E-state index contributed by atoms with van der Waals surface area (Å²) < 4.78 is 10.1. The Labute approximate surface area is 268 Å². The molecule has 0 heterocycles. The molecule has 13 nitrogen and oxygen atoms in total. The molecule has 3 aliphatic carbocycles. The van der Waals surface area contributed by atoms with Gasteiger partial charge in [-0.05, 0) is 42.9 Å². The maximum atomic E-state index is 13.9. The minimum absolute atomic E-state index is 0.00139. The number of carbonyl (C=O) groups is 5. The van der Waals surface area contributed by atoms with Crippen LogP contribution in [0.15, 0.2) is 53.3 Å². The number of Topliss-reactive ketones (excluding diaryl/α,β-unsaturated/α-hetero) is 2. The van der Waals surface area contributed by atoms with Gasteiger partial charge in [0.2, 0.25) is 5.78 Å². The van der Waals surface area contributed by atoms with E-state index >= 15 is 0 Å². The molecular weight excluding hydrogens is 614 g/mol. The summed E-state index contributed by atoms with van der Waals surface area (Å²) >= 11 is 0. The molecule has 5 rings (SSSR count). The smallest absolute Gasteiger partial charge is 0.320 e. The molecule has 47 heavy (non-hydrogen) atoms. The topological polar surface area (TPSA) is 231 Å². The third kappa shape index (κ3) is 5.15. The normalized spacial score (nSPS) is 25.2. The van der Waals surface area contributed by atoms with E-state index in [9.17, 15) is 49.5 Å². The highest BCUT2D eigenvalue weighted by atomic mass is 16.6. The molecule has 5 unspecified atom stereocenters. The van der Waals surface area contributed by atoms with Crippen LogP contribution in [0.4, 0.5) is 0 Å². The lowest BCUT2D eigenvalue weighted by molar-refractivity contribution is -0.162. The number of fused-ring (bicyclic) bond motifs is 3. The summed E-state index contributed by atoms with van der Waals surface area (Å²) in [6.07, 6.45) is -2.28. The number of aromatic hydroxyl groups is 1. The monoisotopic (exact) mass is 649 g/mol. The third-order valence-electron chi connectivity index (χ3n) is 9.35. The van der Waals surface area contributed by atoms with Gasteiger partial charge in [0.25, 0.3) is 5.91 Å². The van der Waals surface area contributed by atoms with Gasteiger partial charge in [0, 0.05) is 29.4 Å². The van der Waals surface area contributed by atoms with Crippen molar-refractivity contribution in [1.82, 2.24) is 0 Å². The number of hydrogen-bond acceptors (Lipinski definition) is 12. The molecular formula is C34H35NO12. The zero-order chi connectivity index (χ0) is 34.5. The van der Waals surface area contributed by atoms with Crippen molar-refractivity contribution in [2.75, 3.05) is 13.2 Å². The Morgan fingerprint density at radius 2 is 1.57 bits per heavy atom. The van der Waals surface area contributed by atoms with Crippen molar-refractivity contribution in [3.05, 3.63) is 70.0 Å². The van der Waals surface area contributed by atoms with Crippen LogP contribution >= 0.6 is 0 Å². The van der Waals surface area contributed by atoms with Gasteiger partial charge in [-0.2, -0.15) is 0 Å². The van der Waals surface area contributed by atoms with Gasteiger partial charge in [-0.1, -0.05) is 43.3 Å². The average Bonchev–Trinajstić information content (AvgIpc) is 3.02. The zero-order valence-corrected chi connectivity index (χ0v) is 25.9. The van der Waals surface area contributed by atoms with Crippen LogP contribution in [0.2, 0.25) is 0 Å². The van der Waals surface area contributed by atoms with Gasteiger partial charge in [0.1, 0.15) is 22.8 Å². The summed E-state index contributed by atoms with van der Waals surface area (Å²) in [5.41, 5.74) is 2.40. The van der Waals surface area contributed by atoms with Gasteiger partial charge < -0.3 is 40.7 Å². The quantitative estimate of drug-likeness (QED) is 0.137. The number of amides is 1. The van der Waals surface area contributed by atoms with Crippen LogP contribution in [-0.4, -0.2) is 79.9 Å². The highest BCUT2D eigenvalue weighted by molar-refractivity contribution is 6.23. The SMILES string of the molecule is CCOC(=O)C(Cc1ccc(-c2ccc3c(c2O)C(O)=C2C(=O)C4(O)C(O)=C(C(N)=O)C(=O)CC4C(O)C2C3C)cc1)C(=O)OCC. The Balaban J connectivity index is 1.55. The van der Waals surface area contributed by atoms with E-state index in [2.05, 4.69) is 0 Å². The van der Waals surface area contributed by atoms with Gasteiger partial charge in [-0.25, -0.2) is 0 Å². The number of aliphatic hydroxyl groups is 4. The summed E-state index contributed by atoms with van der Waals surface area (Å²) in [6.45, 7) is 5.06. The lowest BCUT2D eigenvalue weighted by Crippen LogP contribution is -2.63. The second-order valence-electron chi connectivity index (χ2n) is 11.9. The van der Waals surface area contributed by atoms with Gasteiger partial charge in [-0.15, -0.1) is 0 Å². The Hall–Kier alpha value is -5.01. The fraction of sp³-hybridized carbons (Fsp3) is 0.382. The predicted octanol–water partition coefficient (Wildman–Crippen LogP) is 1.91. The van der Waals surface area contributed by atoms with Gasteiger partial charge in [0.15, 0.2) is 17.3 Å². The minimum Gasteiger partial charge on any atom is -0.508 e. The lowest BCUT2D eigenvalue weighted by atomic mass is 9.55. The molecule has 2 aromatic rings. The van der Waals surface area contributed by atoms with E-state index in [4.69, 9.17) is 15.2 Å². The molecule has 0 aliphatic heterocycles. The summed E-state index contributed by atoms with van der Waals surface area (Å²) in [4.78, 5) is 63.3. The second kappa shape index (κ2) is 12.3. The van der Waals surface area contributed by atoms with Crippen molar-refractivity contribution in [1.29, 1.82) is 0 Å². The van der Waals surface area contributed by atoms with E-state index in [1.54, 1.807) is 57.2 Å². The number of rotatable bonds is 8. The Bertz CT molecular complexity index is 1740. The Morgan fingerprint density at radius 1 is 0.979 bits per heavy atom. The molecule has 248 valence electrons. The fourth-order valence-corrected chi connectivity index (χ4v) is 7.04. The van der Waals surface area contributed by atoms with Crippen LogP contribution in [0, 0.1) is 17.8 Å². The number of benzene rings is 2. The van der Waals surface area contributed by atoms with Crippen LogP contribution in [0.5, 0.6) is 5.75 Å². The molecule has 1 amide bonds. The highest BCUT2D eigenvalue weighted by Crippen LogP contribution is 2.56. The number of primary amides is 1. The first-order valence-corrected chi connectivity index (χ1v) is 15.1. The maximum Gasteiger partial charge on any atom is 0.320 e. The molecule has 13 heteroatoms. The van der Waals surface area contributed by atoms with E-state index in [0.29, 0.717) is 16.7 Å². The van der Waals surface area contributed by atoms with Crippen molar-refractivity contribution in [2.45, 2.75) is 51.2 Å². The van der Waals surface area contributed by atoms with E-state index < -0.39 is 99.6 Å². The number of phenols is 1. The fourth-order valence-electron chi connectivity index (χ4n) is 7.04. The lowest BCUT2D eigenvalue weighted by Gasteiger charge is -2.50. The summed E-state index contributed by atoms with van der Waals surface area (Å²) in [5, 5.41) is 56.7. The van der Waals surface area contributed by atoms with Crippen molar-refractivity contribution >= 4 is 35.2 Å². The summed E-state index contributed by atoms with van der Waals surface area (Å²) in [6, 6.07) is 9.73. The van der Waals surface area contributed by atoms with E-state index in [0.717, 1.165) is 0 Å². The third-order valence-corrected chi connectivity index (χ3v) is 9.35. The van der Waals surface area contributed by atoms with Gasteiger partial charge >= 0.3 is 11.9 Å². The molecule has 1 saturated carbocycles. The number of ether oxygens (including phenoxy) is 2. The molecule has 0 radical (unpaired) electrons. The number of carbonyl (C=O) groups excluding carboxylic acids is 5. The van der Waals surface area contributed by atoms with E-state index in [1.807, 2.05) is 0 Å². The predicted molar refractivity (Wildman–Crippen MR) is 163 cm³/mol. The summed E-state index contributed by atoms with van der Waals surface area (Å²) in [5.74, 6) is -12.0. The standard InChI is InChI=1S/C34H35NO12/c1-4-46-32(43)19(33(44)47-5-2)12-15-6-8-16(9-7-15)18-11-10-17-14(3)22-25(28(39)23(17)26(18)37)30(41)34(45)20(27(22)38)13-21(36)24(29(34)40)31(35)42/h6-11,14,19-20,22,27,37-40,45H,4-5,12-13H2,1-3H3,(H2,35,42). The van der Waals surface area contributed by atoms with Crippen molar-refractivity contribution in [3.63, 3.8) is 0 Å². The first-order chi connectivity index (χ1) is 22.2. The highest BCUT2D eigenvalue weighted by Gasteiger charge is 2.64. The molecule has 1 fully saturated rings.